The average Bonchev–Trinajstić information content (AvgIpc) is 2.15. The van der Waals surface area contributed by atoms with Gasteiger partial charge in [-0.2, -0.15) is 13.2 Å². The monoisotopic (exact) mass is 231 g/mol. The van der Waals surface area contributed by atoms with Gasteiger partial charge in [-0.1, -0.05) is 13.8 Å². The number of hydrogen-bond acceptors (Lipinski definition) is 2. The number of Topliss-reactive ketones (excluding diaryl/α,β-unsaturated/α-hetero) is 1. The fraction of sp³-hybridized carbons (Fsp3) is 0.364. The number of anilines is 1. The summed E-state index contributed by atoms with van der Waals surface area (Å²) >= 11 is 0. The van der Waals surface area contributed by atoms with Crippen LogP contribution in [0.5, 0.6) is 0 Å². The van der Waals surface area contributed by atoms with E-state index in [-0.39, 0.29) is 23.0 Å². The molecular formula is C11H12F3NO. The van der Waals surface area contributed by atoms with Crippen LogP contribution < -0.4 is 5.73 Å². The molecule has 1 rings (SSSR count). The Balaban J connectivity index is 3.15. The van der Waals surface area contributed by atoms with E-state index in [2.05, 4.69) is 0 Å². The molecule has 0 aliphatic heterocycles. The highest BCUT2D eigenvalue weighted by atomic mass is 19.4. The molecule has 0 spiro atoms. The van der Waals surface area contributed by atoms with Crippen LogP contribution >= 0.6 is 0 Å². The van der Waals surface area contributed by atoms with Crippen molar-refractivity contribution in [2.75, 3.05) is 5.73 Å². The Kier molecular flexibility index (Phi) is 3.26. The first-order valence-electron chi connectivity index (χ1n) is 4.74. The third-order valence-electron chi connectivity index (χ3n) is 2.17. The van der Waals surface area contributed by atoms with Gasteiger partial charge >= 0.3 is 6.18 Å². The van der Waals surface area contributed by atoms with E-state index in [9.17, 15) is 18.0 Å². The number of rotatable bonds is 2. The molecule has 16 heavy (non-hydrogen) atoms. The fourth-order valence-corrected chi connectivity index (χ4v) is 1.27. The molecule has 0 saturated heterocycles. The van der Waals surface area contributed by atoms with Gasteiger partial charge in [0.2, 0.25) is 0 Å². The summed E-state index contributed by atoms with van der Waals surface area (Å²) in [5.74, 6) is -0.551. The van der Waals surface area contributed by atoms with Gasteiger partial charge in [0.25, 0.3) is 0 Å². The van der Waals surface area contributed by atoms with Crippen LogP contribution in [0.4, 0.5) is 18.9 Å². The van der Waals surface area contributed by atoms with Crippen LogP contribution in [0.2, 0.25) is 0 Å². The van der Waals surface area contributed by atoms with E-state index in [0.29, 0.717) is 0 Å². The highest BCUT2D eigenvalue weighted by Crippen LogP contribution is 2.31. The molecule has 0 radical (unpaired) electrons. The molecule has 0 bridgehead atoms. The van der Waals surface area contributed by atoms with E-state index < -0.39 is 11.7 Å². The first kappa shape index (κ1) is 12.5. The van der Waals surface area contributed by atoms with Gasteiger partial charge in [-0.15, -0.1) is 0 Å². The van der Waals surface area contributed by atoms with Gasteiger partial charge in [0.05, 0.1) is 5.56 Å². The largest absolute Gasteiger partial charge is 0.416 e. The Morgan fingerprint density at radius 2 is 1.88 bits per heavy atom. The van der Waals surface area contributed by atoms with E-state index in [4.69, 9.17) is 5.73 Å². The SMILES string of the molecule is CC(C)C(=O)c1ccc(C(F)(F)F)cc1N. The molecule has 0 unspecified atom stereocenters. The number of carbonyl (C=O) groups is 1. The zero-order chi connectivity index (χ0) is 12.5. The lowest BCUT2D eigenvalue weighted by atomic mass is 9.98. The molecular weight excluding hydrogens is 219 g/mol. The minimum absolute atomic E-state index is 0.131. The minimum Gasteiger partial charge on any atom is -0.398 e. The van der Waals surface area contributed by atoms with Crippen molar-refractivity contribution in [2.24, 2.45) is 5.92 Å². The average molecular weight is 231 g/mol. The Morgan fingerprint density at radius 1 is 1.31 bits per heavy atom. The quantitative estimate of drug-likeness (QED) is 0.627. The van der Waals surface area contributed by atoms with Gasteiger partial charge in [0.15, 0.2) is 5.78 Å². The maximum atomic E-state index is 12.3. The molecule has 0 amide bonds. The molecule has 2 nitrogen and oxygen atoms in total. The molecule has 0 heterocycles. The number of hydrogen-bond donors (Lipinski definition) is 1. The zero-order valence-electron chi connectivity index (χ0n) is 8.93. The van der Waals surface area contributed by atoms with Crippen molar-refractivity contribution in [3.05, 3.63) is 29.3 Å². The molecule has 0 aromatic heterocycles. The lowest BCUT2D eigenvalue weighted by Crippen LogP contribution is -2.12. The second-order valence-electron chi connectivity index (χ2n) is 3.82. The molecule has 88 valence electrons. The Labute approximate surface area is 91.3 Å². The summed E-state index contributed by atoms with van der Waals surface area (Å²) in [5, 5.41) is 0. The number of ketones is 1. The van der Waals surface area contributed by atoms with Crippen LogP contribution in [0.25, 0.3) is 0 Å². The Morgan fingerprint density at radius 3 is 2.25 bits per heavy atom. The lowest BCUT2D eigenvalue weighted by molar-refractivity contribution is -0.137. The van der Waals surface area contributed by atoms with Gasteiger partial charge in [-0.3, -0.25) is 4.79 Å². The third-order valence-corrected chi connectivity index (χ3v) is 2.17. The van der Waals surface area contributed by atoms with Gasteiger partial charge in [-0.25, -0.2) is 0 Å². The van der Waals surface area contributed by atoms with E-state index in [0.717, 1.165) is 18.2 Å². The highest BCUT2D eigenvalue weighted by Gasteiger charge is 2.31. The summed E-state index contributed by atoms with van der Waals surface area (Å²) in [6.07, 6.45) is -4.44. The molecule has 0 aliphatic carbocycles. The standard InChI is InChI=1S/C11H12F3NO/c1-6(2)10(16)8-4-3-7(5-9(8)15)11(12,13)14/h3-6H,15H2,1-2H3. The molecule has 5 heteroatoms. The summed E-state index contributed by atoms with van der Waals surface area (Å²) in [6, 6.07) is 2.78. The predicted octanol–water partition coefficient (Wildman–Crippen LogP) is 3.13. The number of nitrogen functional groups attached to an aromatic ring is 1. The highest BCUT2D eigenvalue weighted by molar-refractivity contribution is 6.01. The smallest absolute Gasteiger partial charge is 0.398 e. The predicted molar refractivity (Wildman–Crippen MR) is 55.0 cm³/mol. The maximum Gasteiger partial charge on any atom is 0.416 e. The van der Waals surface area contributed by atoms with E-state index >= 15 is 0 Å². The summed E-state index contributed by atoms with van der Waals surface area (Å²) in [5.41, 5.74) is 4.60. The summed E-state index contributed by atoms with van der Waals surface area (Å²) in [6.45, 7) is 3.33. The lowest BCUT2D eigenvalue weighted by Gasteiger charge is -2.11. The van der Waals surface area contributed by atoms with Crippen molar-refractivity contribution in [2.45, 2.75) is 20.0 Å². The van der Waals surface area contributed by atoms with E-state index in [1.54, 1.807) is 13.8 Å². The second kappa shape index (κ2) is 4.15. The molecule has 0 atom stereocenters. The molecule has 2 N–H and O–H groups in total. The summed E-state index contributed by atoms with van der Waals surface area (Å²) < 4.78 is 37.0. The number of halogens is 3. The number of alkyl halides is 3. The first-order chi connectivity index (χ1) is 7.23. The third kappa shape index (κ3) is 2.53. The maximum absolute atomic E-state index is 12.3. The van der Waals surface area contributed by atoms with Crippen LogP contribution in [0.1, 0.15) is 29.8 Å². The van der Waals surface area contributed by atoms with Crippen LogP contribution in [0.15, 0.2) is 18.2 Å². The number of carbonyl (C=O) groups excluding carboxylic acids is 1. The number of nitrogens with two attached hydrogens (primary N) is 1. The Hall–Kier alpha value is -1.52. The topological polar surface area (TPSA) is 43.1 Å². The molecule has 0 saturated carbocycles. The van der Waals surface area contributed by atoms with Gasteiger partial charge in [0.1, 0.15) is 0 Å². The van der Waals surface area contributed by atoms with Crippen LogP contribution in [-0.2, 0) is 6.18 Å². The summed E-state index contributed by atoms with van der Waals surface area (Å²) in [7, 11) is 0. The molecule has 0 aliphatic rings. The second-order valence-corrected chi connectivity index (χ2v) is 3.82. The van der Waals surface area contributed by atoms with Gasteiger partial charge in [0, 0.05) is 17.2 Å². The van der Waals surface area contributed by atoms with Gasteiger partial charge in [-0.05, 0) is 18.2 Å². The number of benzene rings is 1. The molecule has 1 aromatic rings. The van der Waals surface area contributed by atoms with Crippen molar-refractivity contribution in [3.8, 4) is 0 Å². The Bertz CT molecular complexity index is 410. The van der Waals surface area contributed by atoms with Crippen molar-refractivity contribution >= 4 is 11.5 Å². The van der Waals surface area contributed by atoms with Crippen molar-refractivity contribution in [3.63, 3.8) is 0 Å². The van der Waals surface area contributed by atoms with Crippen molar-refractivity contribution in [1.82, 2.24) is 0 Å². The van der Waals surface area contributed by atoms with Crippen molar-refractivity contribution < 1.29 is 18.0 Å². The summed E-state index contributed by atoms with van der Waals surface area (Å²) in [4.78, 5) is 11.6. The normalized spacial score (nSPS) is 11.9. The van der Waals surface area contributed by atoms with E-state index in [1.165, 1.54) is 0 Å². The fourth-order valence-electron chi connectivity index (χ4n) is 1.27. The van der Waals surface area contributed by atoms with Crippen LogP contribution in [0.3, 0.4) is 0 Å². The van der Waals surface area contributed by atoms with Crippen molar-refractivity contribution in [1.29, 1.82) is 0 Å². The van der Waals surface area contributed by atoms with Crippen LogP contribution in [0, 0.1) is 5.92 Å². The molecule has 0 fully saturated rings. The van der Waals surface area contributed by atoms with Crippen LogP contribution in [-0.4, -0.2) is 5.78 Å². The van der Waals surface area contributed by atoms with E-state index in [1.807, 2.05) is 0 Å². The zero-order valence-corrected chi connectivity index (χ0v) is 8.93. The first-order valence-corrected chi connectivity index (χ1v) is 4.74. The molecule has 1 aromatic carbocycles. The van der Waals surface area contributed by atoms with Gasteiger partial charge < -0.3 is 5.73 Å². The minimum atomic E-state index is -4.44.